The maximum Gasteiger partial charge on any atom is 0.00964 e. The summed E-state index contributed by atoms with van der Waals surface area (Å²) < 4.78 is 0. The van der Waals surface area contributed by atoms with Crippen LogP contribution in [0.5, 0.6) is 0 Å². The highest BCUT2D eigenvalue weighted by Gasteiger charge is 2.27. The predicted octanol–water partition coefficient (Wildman–Crippen LogP) is 3.42. The monoisotopic (exact) mass is 240 g/mol. The first-order valence-electron chi connectivity index (χ1n) is 7.83. The molecule has 1 fully saturated rings. The number of nitrogens with one attached hydrogen (secondary N) is 1. The standard InChI is InChI=1S/C15H32N2/c1-3-11-16-12-7-5-6-8-14-17(13-4-2)15-9-10-15/h15-16H,3-14H2,1-2H3. The van der Waals surface area contributed by atoms with Crippen LogP contribution >= 0.6 is 0 Å². The molecule has 0 bridgehead atoms. The largest absolute Gasteiger partial charge is 0.317 e. The lowest BCUT2D eigenvalue weighted by Crippen LogP contribution is -2.28. The molecule has 0 unspecified atom stereocenters. The number of nitrogens with zero attached hydrogens (tertiary/aromatic N) is 1. The molecule has 1 saturated carbocycles. The van der Waals surface area contributed by atoms with Gasteiger partial charge < -0.3 is 10.2 Å². The van der Waals surface area contributed by atoms with Gasteiger partial charge in [-0.2, -0.15) is 0 Å². The number of hydrogen-bond donors (Lipinski definition) is 1. The van der Waals surface area contributed by atoms with Crippen LogP contribution in [-0.4, -0.2) is 37.1 Å². The fourth-order valence-corrected chi connectivity index (χ4v) is 2.42. The zero-order valence-electron chi connectivity index (χ0n) is 12.0. The Morgan fingerprint density at radius 2 is 1.65 bits per heavy atom. The molecule has 0 heterocycles. The second kappa shape index (κ2) is 9.90. The summed E-state index contributed by atoms with van der Waals surface area (Å²) in [7, 11) is 0. The van der Waals surface area contributed by atoms with Crippen molar-refractivity contribution in [1.29, 1.82) is 0 Å². The molecule has 2 heteroatoms. The number of unbranched alkanes of at least 4 members (excludes halogenated alkanes) is 3. The number of hydrogen-bond acceptors (Lipinski definition) is 2. The normalized spacial score (nSPS) is 15.7. The Hall–Kier alpha value is -0.0800. The maximum atomic E-state index is 3.47. The summed E-state index contributed by atoms with van der Waals surface area (Å²) in [6.07, 6.45) is 11.1. The molecule has 0 aliphatic heterocycles. The van der Waals surface area contributed by atoms with E-state index in [9.17, 15) is 0 Å². The first-order chi connectivity index (χ1) is 8.38. The zero-order valence-corrected chi connectivity index (χ0v) is 12.0. The highest BCUT2D eigenvalue weighted by Crippen LogP contribution is 2.27. The highest BCUT2D eigenvalue weighted by atomic mass is 15.2. The number of rotatable bonds is 12. The molecule has 1 aliphatic rings. The van der Waals surface area contributed by atoms with Crippen LogP contribution in [0.15, 0.2) is 0 Å². The minimum atomic E-state index is 0.959. The Kier molecular flexibility index (Phi) is 8.72. The Balaban J connectivity index is 1.85. The van der Waals surface area contributed by atoms with Gasteiger partial charge in [-0.25, -0.2) is 0 Å². The van der Waals surface area contributed by atoms with Crippen LogP contribution in [0.4, 0.5) is 0 Å². The van der Waals surface area contributed by atoms with Gasteiger partial charge in [0.05, 0.1) is 0 Å². The lowest BCUT2D eigenvalue weighted by Gasteiger charge is -2.20. The van der Waals surface area contributed by atoms with Crippen molar-refractivity contribution in [1.82, 2.24) is 10.2 Å². The van der Waals surface area contributed by atoms with E-state index in [-0.39, 0.29) is 0 Å². The third kappa shape index (κ3) is 7.77. The van der Waals surface area contributed by atoms with Crippen molar-refractivity contribution in [2.75, 3.05) is 26.2 Å². The molecule has 0 amide bonds. The van der Waals surface area contributed by atoms with Gasteiger partial charge in [0, 0.05) is 6.04 Å². The van der Waals surface area contributed by atoms with Crippen molar-refractivity contribution in [3.63, 3.8) is 0 Å². The van der Waals surface area contributed by atoms with E-state index in [1.54, 1.807) is 0 Å². The van der Waals surface area contributed by atoms with Crippen LogP contribution in [0, 0.1) is 0 Å². The van der Waals surface area contributed by atoms with E-state index in [1.807, 2.05) is 0 Å². The van der Waals surface area contributed by atoms with E-state index in [0.29, 0.717) is 0 Å². The molecule has 0 aromatic carbocycles. The summed E-state index contributed by atoms with van der Waals surface area (Å²) >= 11 is 0. The van der Waals surface area contributed by atoms with Crippen LogP contribution < -0.4 is 5.32 Å². The maximum absolute atomic E-state index is 3.47. The van der Waals surface area contributed by atoms with Crippen molar-refractivity contribution >= 4 is 0 Å². The molecule has 2 nitrogen and oxygen atoms in total. The molecule has 1 rings (SSSR count). The Morgan fingerprint density at radius 1 is 0.882 bits per heavy atom. The van der Waals surface area contributed by atoms with E-state index < -0.39 is 0 Å². The molecule has 0 aromatic heterocycles. The zero-order chi connectivity index (χ0) is 12.3. The van der Waals surface area contributed by atoms with Gasteiger partial charge >= 0.3 is 0 Å². The van der Waals surface area contributed by atoms with Crippen LogP contribution in [0.2, 0.25) is 0 Å². The van der Waals surface area contributed by atoms with Crippen molar-refractivity contribution in [3.05, 3.63) is 0 Å². The van der Waals surface area contributed by atoms with Gasteiger partial charge in [-0.3, -0.25) is 0 Å². The van der Waals surface area contributed by atoms with Crippen molar-refractivity contribution in [2.24, 2.45) is 0 Å². The topological polar surface area (TPSA) is 15.3 Å². The average Bonchev–Trinajstić information content (AvgIpc) is 3.15. The third-order valence-corrected chi connectivity index (χ3v) is 3.55. The average molecular weight is 240 g/mol. The lowest BCUT2D eigenvalue weighted by atomic mass is 10.2. The summed E-state index contributed by atoms with van der Waals surface area (Å²) in [5, 5.41) is 3.47. The summed E-state index contributed by atoms with van der Waals surface area (Å²) in [5.74, 6) is 0. The lowest BCUT2D eigenvalue weighted by molar-refractivity contribution is 0.257. The molecular weight excluding hydrogens is 208 g/mol. The van der Waals surface area contributed by atoms with Crippen molar-refractivity contribution in [3.8, 4) is 0 Å². The van der Waals surface area contributed by atoms with Crippen LogP contribution in [0.25, 0.3) is 0 Å². The Labute approximate surface area is 108 Å². The Bertz CT molecular complexity index is 166. The van der Waals surface area contributed by atoms with E-state index in [4.69, 9.17) is 0 Å². The third-order valence-electron chi connectivity index (χ3n) is 3.55. The van der Waals surface area contributed by atoms with Crippen LogP contribution in [0.3, 0.4) is 0 Å². The van der Waals surface area contributed by atoms with Gasteiger partial charge in [-0.15, -0.1) is 0 Å². The van der Waals surface area contributed by atoms with Crippen LogP contribution in [-0.2, 0) is 0 Å². The molecule has 0 radical (unpaired) electrons. The summed E-state index contributed by atoms with van der Waals surface area (Å²) in [6.45, 7) is 9.60. The molecule has 0 saturated heterocycles. The van der Waals surface area contributed by atoms with Gasteiger partial charge in [0.25, 0.3) is 0 Å². The van der Waals surface area contributed by atoms with Gasteiger partial charge in [0.15, 0.2) is 0 Å². The molecule has 0 atom stereocenters. The van der Waals surface area contributed by atoms with Gasteiger partial charge in [0.2, 0.25) is 0 Å². The molecule has 0 spiro atoms. The summed E-state index contributed by atoms with van der Waals surface area (Å²) in [6, 6.07) is 0.959. The summed E-state index contributed by atoms with van der Waals surface area (Å²) in [5.41, 5.74) is 0. The molecule has 0 aromatic rings. The second-order valence-electron chi connectivity index (χ2n) is 5.43. The molecular formula is C15H32N2. The van der Waals surface area contributed by atoms with E-state index in [2.05, 4.69) is 24.1 Å². The fourth-order valence-electron chi connectivity index (χ4n) is 2.42. The Morgan fingerprint density at radius 3 is 2.29 bits per heavy atom. The minimum Gasteiger partial charge on any atom is -0.317 e. The molecule has 1 aliphatic carbocycles. The summed E-state index contributed by atoms with van der Waals surface area (Å²) in [4.78, 5) is 2.72. The predicted molar refractivity (Wildman–Crippen MR) is 76.5 cm³/mol. The molecule has 17 heavy (non-hydrogen) atoms. The fraction of sp³-hybridized carbons (Fsp3) is 1.00. The van der Waals surface area contributed by atoms with Gasteiger partial charge in [-0.05, 0) is 64.7 Å². The quantitative estimate of drug-likeness (QED) is 0.526. The first-order valence-corrected chi connectivity index (χ1v) is 7.83. The second-order valence-corrected chi connectivity index (χ2v) is 5.43. The molecule has 1 N–H and O–H groups in total. The van der Waals surface area contributed by atoms with Gasteiger partial charge in [-0.1, -0.05) is 26.7 Å². The minimum absolute atomic E-state index is 0.959. The van der Waals surface area contributed by atoms with E-state index >= 15 is 0 Å². The van der Waals surface area contributed by atoms with Crippen molar-refractivity contribution < 1.29 is 0 Å². The van der Waals surface area contributed by atoms with E-state index in [0.717, 1.165) is 6.04 Å². The smallest absolute Gasteiger partial charge is 0.00964 e. The highest BCUT2D eigenvalue weighted by molar-refractivity contribution is 4.84. The molecule has 102 valence electrons. The first kappa shape index (κ1) is 15.0. The van der Waals surface area contributed by atoms with Crippen LogP contribution in [0.1, 0.15) is 65.2 Å². The van der Waals surface area contributed by atoms with E-state index in [1.165, 1.54) is 77.5 Å². The van der Waals surface area contributed by atoms with Gasteiger partial charge in [0.1, 0.15) is 0 Å². The van der Waals surface area contributed by atoms with Crippen molar-refractivity contribution in [2.45, 2.75) is 71.3 Å². The SMILES string of the molecule is CCCNCCCCCCN(CCC)C1CC1.